The first-order valence-electron chi connectivity index (χ1n) is 11.1. The van der Waals surface area contributed by atoms with E-state index in [-0.39, 0.29) is 17.5 Å². The van der Waals surface area contributed by atoms with Crippen LogP contribution in [0.5, 0.6) is 0 Å². The van der Waals surface area contributed by atoms with Crippen molar-refractivity contribution in [2.24, 2.45) is 0 Å². The zero-order chi connectivity index (χ0) is 25.3. The predicted molar refractivity (Wildman–Crippen MR) is 140 cm³/mol. The Kier molecular flexibility index (Phi) is 6.71. The van der Waals surface area contributed by atoms with Gasteiger partial charge in [-0.05, 0) is 62.7 Å². The van der Waals surface area contributed by atoms with E-state index >= 15 is 0 Å². The number of carbonyl (C=O) groups is 2. The number of anilines is 2. The van der Waals surface area contributed by atoms with Gasteiger partial charge in [-0.25, -0.2) is 4.98 Å². The van der Waals surface area contributed by atoms with Crippen LogP contribution in [0.1, 0.15) is 31.0 Å². The fraction of sp³-hybridized carbons (Fsp3) is 0.185. The summed E-state index contributed by atoms with van der Waals surface area (Å²) >= 11 is 6.11. The van der Waals surface area contributed by atoms with Gasteiger partial charge in [-0.3, -0.25) is 19.0 Å². The van der Waals surface area contributed by atoms with Crippen molar-refractivity contribution in [3.63, 3.8) is 0 Å². The lowest BCUT2D eigenvalue weighted by Gasteiger charge is -2.20. The predicted octanol–water partition coefficient (Wildman–Crippen LogP) is 5.49. The lowest BCUT2D eigenvalue weighted by Crippen LogP contribution is -2.33. The molecule has 0 spiro atoms. The Bertz CT molecular complexity index is 1530. The molecule has 0 saturated heterocycles. The van der Waals surface area contributed by atoms with Crippen LogP contribution in [0.4, 0.5) is 11.4 Å². The second kappa shape index (κ2) is 9.72. The van der Waals surface area contributed by atoms with E-state index in [1.165, 1.54) is 11.5 Å². The molecule has 2 amide bonds. The van der Waals surface area contributed by atoms with E-state index in [1.807, 2.05) is 32.0 Å². The van der Waals surface area contributed by atoms with E-state index in [0.29, 0.717) is 33.0 Å². The highest BCUT2D eigenvalue weighted by Crippen LogP contribution is 2.28. The normalized spacial score (nSPS) is 11.8. The molecule has 4 rings (SSSR count). The molecule has 4 aromatic rings. The summed E-state index contributed by atoms with van der Waals surface area (Å²) in [6.45, 7) is 6.83. The average Bonchev–Trinajstić information content (AvgIpc) is 2.81. The molecule has 0 aliphatic heterocycles. The van der Waals surface area contributed by atoms with Gasteiger partial charge in [0.1, 0.15) is 11.7 Å². The largest absolute Gasteiger partial charge is 0.326 e. The van der Waals surface area contributed by atoms with Crippen LogP contribution >= 0.6 is 11.6 Å². The monoisotopic (exact) mass is 488 g/mol. The number of hydrogen-bond acceptors (Lipinski definition) is 4. The van der Waals surface area contributed by atoms with E-state index in [9.17, 15) is 14.4 Å². The highest BCUT2D eigenvalue weighted by molar-refractivity contribution is 6.31. The maximum atomic E-state index is 13.8. The van der Waals surface area contributed by atoms with E-state index < -0.39 is 11.6 Å². The molecule has 1 heterocycles. The molecule has 0 radical (unpaired) electrons. The third-order valence-corrected chi connectivity index (χ3v) is 6.00. The van der Waals surface area contributed by atoms with Gasteiger partial charge >= 0.3 is 0 Å². The Morgan fingerprint density at radius 2 is 1.71 bits per heavy atom. The molecular formula is C27H25ClN4O3. The van der Waals surface area contributed by atoms with Gasteiger partial charge in [0.15, 0.2) is 0 Å². The third kappa shape index (κ3) is 4.95. The van der Waals surface area contributed by atoms with Crippen LogP contribution in [0.25, 0.3) is 22.3 Å². The van der Waals surface area contributed by atoms with Gasteiger partial charge in [-0.1, -0.05) is 41.4 Å². The minimum atomic E-state index is -0.860. The van der Waals surface area contributed by atoms with Crippen molar-refractivity contribution >= 4 is 45.8 Å². The molecule has 0 fully saturated rings. The number of aryl methyl sites for hydroxylation is 2. The van der Waals surface area contributed by atoms with Crippen LogP contribution in [-0.4, -0.2) is 21.4 Å². The molecule has 0 bridgehead atoms. The molecule has 1 unspecified atom stereocenters. The lowest BCUT2D eigenvalue weighted by molar-refractivity contribution is -0.118. The highest BCUT2D eigenvalue weighted by atomic mass is 35.5. The molecule has 7 nitrogen and oxygen atoms in total. The Morgan fingerprint density at radius 3 is 2.46 bits per heavy atom. The summed E-state index contributed by atoms with van der Waals surface area (Å²) < 4.78 is 1.44. The Balaban J connectivity index is 1.88. The number of fused-ring (bicyclic) bond motifs is 1. The first kappa shape index (κ1) is 24.2. The van der Waals surface area contributed by atoms with Crippen molar-refractivity contribution in [3.8, 4) is 11.3 Å². The van der Waals surface area contributed by atoms with Crippen molar-refractivity contribution in [1.82, 2.24) is 9.55 Å². The number of aromatic nitrogens is 2. The van der Waals surface area contributed by atoms with Gasteiger partial charge in [-0.2, -0.15) is 0 Å². The molecule has 0 aliphatic carbocycles. The number of halogens is 1. The summed E-state index contributed by atoms with van der Waals surface area (Å²) in [6, 6.07) is 16.9. The minimum Gasteiger partial charge on any atom is -0.326 e. The van der Waals surface area contributed by atoms with Crippen LogP contribution in [0.3, 0.4) is 0 Å². The number of benzene rings is 3. The standard InChI is InChI=1S/C27H25ClN4O3/c1-15-9-12-21(29-18(4)33)20(13-15)25-27(35)32(24-8-6-5-7-22(24)30-25)17(3)26(34)31-23-14-19(28)11-10-16(23)2/h5-14,17H,1-4H3,(H,29,33)(H,31,34). The number of nitrogens with zero attached hydrogens (tertiary/aromatic N) is 2. The topological polar surface area (TPSA) is 93.1 Å². The molecule has 1 atom stereocenters. The number of rotatable bonds is 5. The molecule has 2 N–H and O–H groups in total. The van der Waals surface area contributed by atoms with Crippen LogP contribution in [-0.2, 0) is 9.59 Å². The highest BCUT2D eigenvalue weighted by Gasteiger charge is 2.23. The molecule has 0 saturated carbocycles. The Morgan fingerprint density at radius 1 is 0.971 bits per heavy atom. The van der Waals surface area contributed by atoms with Crippen molar-refractivity contribution in [2.45, 2.75) is 33.7 Å². The zero-order valence-electron chi connectivity index (χ0n) is 19.8. The summed E-state index contributed by atoms with van der Waals surface area (Å²) in [6.07, 6.45) is 0. The summed E-state index contributed by atoms with van der Waals surface area (Å²) in [7, 11) is 0. The zero-order valence-corrected chi connectivity index (χ0v) is 20.6. The van der Waals surface area contributed by atoms with E-state index in [1.54, 1.807) is 49.4 Å². The maximum Gasteiger partial charge on any atom is 0.278 e. The maximum absolute atomic E-state index is 13.8. The van der Waals surface area contributed by atoms with Gasteiger partial charge in [0.05, 0.1) is 16.7 Å². The van der Waals surface area contributed by atoms with E-state index in [4.69, 9.17) is 11.6 Å². The fourth-order valence-electron chi connectivity index (χ4n) is 3.95. The molecule has 35 heavy (non-hydrogen) atoms. The third-order valence-electron chi connectivity index (χ3n) is 5.76. The van der Waals surface area contributed by atoms with Crippen LogP contribution in [0.2, 0.25) is 5.02 Å². The minimum absolute atomic E-state index is 0.148. The van der Waals surface area contributed by atoms with Crippen LogP contribution in [0.15, 0.2) is 65.5 Å². The number of hydrogen-bond donors (Lipinski definition) is 2. The number of para-hydroxylation sites is 2. The number of carbonyl (C=O) groups excluding carboxylic acids is 2. The van der Waals surface area contributed by atoms with Crippen molar-refractivity contribution in [3.05, 3.63) is 87.2 Å². The number of nitrogens with one attached hydrogen (secondary N) is 2. The summed E-state index contributed by atoms with van der Waals surface area (Å²) in [5.74, 6) is -0.632. The van der Waals surface area contributed by atoms with Gasteiger partial charge < -0.3 is 10.6 Å². The van der Waals surface area contributed by atoms with Gasteiger partial charge in [0.2, 0.25) is 11.8 Å². The van der Waals surface area contributed by atoms with Gasteiger partial charge in [0.25, 0.3) is 5.56 Å². The first-order chi connectivity index (χ1) is 16.7. The van der Waals surface area contributed by atoms with Crippen molar-refractivity contribution < 1.29 is 9.59 Å². The van der Waals surface area contributed by atoms with E-state index in [0.717, 1.165) is 11.1 Å². The molecular weight excluding hydrogens is 464 g/mol. The van der Waals surface area contributed by atoms with E-state index in [2.05, 4.69) is 15.6 Å². The molecule has 178 valence electrons. The van der Waals surface area contributed by atoms with Crippen LogP contribution in [0, 0.1) is 13.8 Å². The second-order valence-electron chi connectivity index (χ2n) is 8.48. The van der Waals surface area contributed by atoms with Crippen molar-refractivity contribution in [1.29, 1.82) is 0 Å². The molecule has 8 heteroatoms. The second-order valence-corrected chi connectivity index (χ2v) is 8.92. The quantitative estimate of drug-likeness (QED) is 0.388. The molecule has 1 aromatic heterocycles. The smallest absolute Gasteiger partial charge is 0.278 e. The SMILES string of the molecule is CC(=O)Nc1ccc(C)cc1-c1nc2ccccc2n(C(C)C(=O)Nc2cc(Cl)ccc2C)c1=O. The summed E-state index contributed by atoms with van der Waals surface area (Å²) in [4.78, 5) is 43.6. The molecule has 0 aliphatic rings. The summed E-state index contributed by atoms with van der Waals surface area (Å²) in [5, 5.41) is 6.16. The average molecular weight is 489 g/mol. The summed E-state index contributed by atoms with van der Waals surface area (Å²) in [5.41, 5.74) is 4.08. The molecule has 3 aromatic carbocycles. The van der Waals surface area contributed by atoms with Gasteiger partial charge in [-0.15, -0.1) is 0 Å². The number of amides is 2. The fourth-order valence-corrected chi connectivity index (χ4v) is 4.12. The Labute approximate surface area is 207 Å². The van der Waals surface area contributed by atoms with Gasteiger partial charge in [0, 0.05) is 23.2 Å². The lowest BCUT2D eigenvalue weighted by atomic mass is 10.1. The Hall–Kier alpha value is -3.97. The van der Waals surface area contributed by atoms with Crippen LogP contribution < -0.4 is 16.2 Å². The first-order valence-corrected chi connectivity index (χ1v) is 11.5. The van der Waals surface area contributed by atoms with Crippen molar-refractivity contribution in [2.75, 3.05) is 10.6 Å².